The van der Waals surface area contributed by atoms with Crippen LogP contribution in [0.1, 0.15) is 43.5 Å². The van der Waals surface area contributed by atoms with Crippen molar-refractivity contribution in [3.63, 3.8) is 0 Å². The Morgan fingerprint density at radius 2 is 1.84 bits per heavy atom. The van der Waals surface area contributed by atoms with E-state index in [4.69, 9.17) is 4.74 Å². The summed E-state index contributed by atoms with van der Waals surface area (Å²) in [4.78, 5) is 36.2. The third kappa shape index (κ3) is 4.68. The highest BCUT2D eigenvalue weighted by atomic mass is 16.5. The van der Waals surface area contributed by atoms with E-state index in [1.54, 1.807) is 12.1 Å². The number of carboxylic acid groups (broad SMARTS) is 1. The standard InChI is InChI=1S/C19H23NO5/c1-3-12(2)25-19(24)14-9-5-4-8-13(14)17(21)20-16-11-7-6-10-15(16)18(22)23/h4-7,10-14H,3,8-9H2,1-2H3,(H,20,21)(H,22,23)/p-1/t12-,13+,14-/m1/s1. The zero-order chi connectivity index (χ0) is 18.4. The Bertz CT molecular complexity index is 682. The summed E-state index contributed by atoms with van der Waals surface area (Å²) in [7, 11) is 0. The van der Waals surface area contributed by atoms with E-state index >= 15 is 0 Å². The number of aromatic carboxylic acids is 1. The molecular weight excluding hydrogens is 322 g/mol. The zero-order valence-electron chi connectivity index (χ0n) is 14.4. The lowest BCUT2D eigenvalue weighted by molar-refractivity contribution is -0.254. The summed E-state index contributed by atoms with van der Waals surface area (Å²) in [5.74, 6) is -3.34. The molecule has 0 heterocycles. The van der Waals surface area contributed by atoms with Gasteiger partial charge in [0.25, 0.3) is 0 Å². The molecule has 1 aromatic rings. The molecule has 0 unspecified atom stereocenters. The first kappa shape index (κ1) is 18.7. The molecule has 1 aliphatic carbocycles. The van der Waals surface area contributed by atoms with E-state index in [0.29, 0.717) is 19.3 Å². The second-order valence-electron chi connectivity index (χ2n) is 6.13. The molecule has 0 saturated heterocycles. The van der Waals surface area contributed by atoms with Gasteiger partial charge in [-0.1, -0.05) is 37.3 Å². The van der Waals surface area contributed by atoms with Crippen LogP contribution >= 0.6 is 0 Å². The van der Waals surface area contributed by atoms with Crippen molar-refractivity contribution in [1.29, 1.82) is 0 Å². The van der Waals surface area contributed by atoms with Gasteiger partial charge < -0.3 is 20.0 Å². The highest BCUT2D eigenvalue weighted by molar-refractivity contribution is 6.01. The fourth-order valence-corrected chi connectivity index (χ4v) is 2.73. The summed E-state index contributed by atoms with van der Waals surface area (Å²) in [5, 5.41) is 13.8. The summed E-state index contributed by atoms with van der Waals surface area (Å²) in [6.07, 6.45) is 5.03. The Kier molecular flexibility index (Phi) is 6.33. The number of carbonyl (C=O) groups is 3. The summed E-state index contributed by atoms with van der Waals surface area (Å²) in [6.45, 7) is 3.72. The number of esters is 1. The maximum atomic E-state index is 12.6. The normalized spacial score (nSPS) is 20.6. The van der Waals surface area contributed by atoms with E-state index in [0.717, 1.165) is 0 Å². The van der Waals surface area contributed by atoms with Gasteiger partial charge in [0, 0.05) is 11.3 Å². The second-order valence-corrected chi connectivity index (χ2v) is 6.13. The minimum atomic E-state index is -1.37. The number of carboxylic acids is 1. The van der Waals surface area contributed by atoms with Crippen LogP contribution in [-0.2, 0) is 14.3 Å². The Morgan fingerprint density at radius 1 is 1.20 bits per heavy atom. The minimum Gasteiger partial charge on any atom is -0.545 e. The van der Waals surface area contributed by atoms with Gasteiger partial charge in [-0.25, -0.2) is 0 Å². The van der Waals surface area contributed by atoms with Crippen LogP contribution in [0.2, 0.25) is 0 Å². The van der Waals surface area contributed by atoms with E-state index in [1.165, 1.54) is 12.1 Å². The van der Waals surface area contributed by atoms with Crippen LogP contribution in [0.3, 0.4) is 0 Å². The van der Waals surface area contributed by atoms with Crippen molar-refractivity contribution in [3.8, 4) is 0 Å². The van der Waals surface area contributed by atoms with Crippen molar-refractivity contribution in [2.45, 2.75) is 39.2 Å². The molecule has 2 rings (SSSR count). The van der Waals surface area contributed by atoms with Gasteiger partial charge in [-0.3, -0.25) is 9.59 Å². The molecule has 0 bridgehead atoms. The molecule has 0 aromatic heterocycles. The molecule has 3 atom stereocenters. The highest BCUT2D eigenvalue weighted by Gasteiger charge is 2.35. The van der Waals surface area contributed by atoms with Gasteiger partial charge in [-0.15, -0.1) is 0 Å². The van der Waals surface area contributed by atoms with Crippen LogP contribution in [0.5, 0.6) is 0 Å². The third-order valence-corrected chi connectivity index (χ3v) is 4.37. The Hall–Kier alpha value is -2.63. The number of allylic oxidation sites excluding steroid dienone is 2. The smallest absolute Gasteiger partial charge is 0.310 e. The molecule has 0 spiro atoms. The number of amides is 1. The molecule has 25 heavy (non-hydrogen) atoms. The molecule has 1 amide bonds. The summed E-state index contributed by atoms with van der Waals surface area (Å²) < 4.78 is 5.37. The van der Waals surface area contributed by atoms with Gasteiger partial charge in [-0.2, -0.15) is 0 Å². The number of hydrogen-bond donors (Lipinski definition) is 1. The number of carbonyl (C=O) groups excluding carboxylic acids is 3. The number of anilines is 1. The van der Waals surface area contributed by atoms with Crippen molar-refractivity contribution in [2.24, 2.45) is 11.8 Å². The number of para-hydroxylation sites is 1. The van der Waals surface area contributed by atoms with Crippen molar-refractivity contribution in [2.75, 3.05) is 5.32 Å². The van der Waals surface area contributed by atoms with Crippen LogP contribution in [0.25, 0.3) is 0 Å². The molecule has 134 valence electrons. The minimum absolute atomic E-state index is 0.0964. The highest BCUT2D eigenvalue weighted by Crippen LogP contribution is 2.29. The molecule has 6 nitrogen and oxygen atoms in total. The van der Waals surface area contributed by atoms with E-state index in [-0.39, 0.29) is 17.4 Å². The predicted octanol–water partition coefficient (Wildman–Crippen LogP) is 1.91. The first-order valence-electron chi connectivity index (χ1n) is 8.40. The molecule has 0 fully saturated rings. The van der Waals surface area contributed by atoms with Crippen molar-refractivity contribution < 1.29 is 24.2 Å². The lowest BCUT2D eigenvalue weighted by Gasteiger charge is -2.27. The SMILES string of the molecule is CC[C@@H](C)OC(=O)[C@@H]1CC=CC[C@@H]1C(=O)Nc1ccccc1C(=O)[O-]. The first-order valence-corrected chi connectivity index (χ1v) is 8.40. The number of ether oxygens (including phenoxy) is 1. The molecule has 6 heteroatoms. The Balaban J connectivity index is 2.15. The van der Waals surface area contributed by atoms with Gasteiger partial charge in [0.2, 0.25) is 5.91 Å². The van der Waals surface area contributed by atoms with Gasteiger partial charge >= 0.3 is 5.97 Å². The van der Waals surface area contributed by atoms with Gasteiger partial charge in [0.1, 0.15) is 0 Å². The zero-order valence-corrected chi connectivity index (χ0v) is 14.4. The third-order valence-electron chi connectivity index (χ3n) is 4.37. The lowest BCUT2D eigenvalue weighted by atomic mass is 9.82. The van der Waals surface area contributed by atoms with E-state index in [9.17, 15) is 19.5 Å². The number of nitrogens with one attached hydrogen (secondary N) is 1. The fourth-order valence-electron chi connectivity index (χ4n) is 2.73. The predicted molar refractivity (Wildman–Crippen MR) is 90.6 cm³/mol. The molecule has 0 saturated carbocycles. The molecule has 1 aromatic carbocycles. The largest absolute Gasteiger partial charge is 0.545 e. The maximum Gasteiger partial charge on any atom is 0.310 e. The summed E-state index contributed by atoms with van der Waals surface area (Å²) in [6, 6.07) is 6.03. The van der Waals surface area contributed by atoms with Gasteiger partial charge in [-0.05, 0) is 32.3 Å². The molecule has 1 aliphatic rings. The topological polar surface area (TPSA) is 95.5 Å². The van der Waals surface area contributed by atoms with Crippen LogP contribution < -0.4 is 10.4 Å². The maximum absolute atomic E-state index is 12.6. The van der Waals surface area contributed by atoms with Crippen molar-refractivity contribution in [1.82, 2.24) is 0 Å². The van der Waals surface area contributed by atoms with Crippen molar-refractivity contribution in [3.05, 3.63) is 42.0 Å². The van der Waals surface area contributed by atoms with Crippen LogP contribution in [0, 0.1) is 11.8 Å². The van der Waals surface area contributed by atoms with E-state index in [2.05, 4.69) is 5.32 Å². The molecule has 1 N–H and O–H groups in total. The Labute approximate surface area is 146 Å². The average molecular weight is 344 g/mol. The lowest BCUT2D eigenvalue weighted by Crippen LogP contribution is -2.37. The first-order chi connectivity index (χ1) is 11.9. The number of rotatable bonds is 6. The van der Waals surface area contributed by atoms with Crippen LogP contribution in [0.4, 0.5) is 5.69 Å². The summed E-state index contributed by atoms with van der Waals surface area (Å²) in [5.41, 5.74) is 0.0667. The van der Waals surface area contributed by atoms with E-state index < -0.39 is 29.7 Å². The van der Waals surface area contributed by atoms with Gasteiger partial charge in [0.05, 0.1) is 23.9 Å². The van der Waals surface area contributed by atoms with Crippen molar-refractivity contribution >= 4 is 23.5 Å². The number of hydrogen-bond acceptors (Lipinski definition) is 5. The molecule has 0 radical (unpaired) electrons. The Morgan fingerprint density at radius 3 is 2.48 bits per heavy atom. The monoisotopic (exact) mass is 344 g/mol. The van der Waals surface area contributed by atoms with Crippen LogP contribution in [-0.4, -0.2) is 23.9 Å². The van der Waals surface area contributed by atoms with Crippen LogP contribution in [0.15, 0.2) is 36.4 Å². The molecule has 0 aliphatic heterocycles. The quantitative estimate of drug-likeness (QED) is 0.628. The number of benzene rings is 1. The average Bonchev–Trinajstić information content (AvgIpc) is 2.61. The fraction of sp³-hybridized carbons (Fsp3) is 0.421. The van der Waals surface area contributed by atoms with E-state index in [1.807, 2.05) is 26.0 Å². The summed E-state index contributed by atoms with van der Waals surface area (Å²) >= 11 is 0. The second kappa shape index (κ2) is 8.46. The van der Waals surface area contributed by atoms with Gasteiger partial charge in [0.15, 0.2) is 0 Å². The molecular formula is C19H22NO5-.